The van der Waals surface area contributed by atoms with E-state index < -0.39 is 0 Å². The van der Waals surface area contributed by atoms with Crippen molar-refractivity contribution in [3.05, 3.63) is 42.7 Å². The summed E-state index contributed by atoms with van der Waals surface area (Å²) >= 11 is 0. The maximum atomic E-state index is 4.65. The maximum absolute atomic E-state index is 4.65. The zero-order chi connectivity index (χ0) is 14.9. The van der Waals surface area contributed by atoms with E-state index in [1.165, 1.54) is 24.0 Å². The van der Waals surface area contributed by atoms with Crippen molar-refractivity contribution in [1.29, 1.82) is 0 Å². The number of hydrogen-bond acceptors (Lipinski definition) is 2. The van der Waals surface area contributed by atoms with Crippen LogP contribution in [0.2, 0.25) is 0 Å². The Morgan fingerprint density at radius 1 is 1.24 bits per heavy atom. The molecule has 3 rings (SSSR count). The van der Waals surface area contributed by atoms with Crippen LogP contribution >= 0.6 is 0 Å². The van der Waals surface area contributed by atoms with Gasteiger partial charge in [-0.3, -0.25) is 4.68 Å². The van der Waals surface area contributed by atoms with Gasteiger partial charge in [-0.25, -0.2) is 0 Å². The Bertz CT molecular complexity index is 586. The fourth-order valence-corrected chi connectivity index (χ4v) is 3.58. The van der Waals surface area contributed by atoms with Crippen LogP contribution in [-0.2, 0) is 0 Å². The summed E-state index contributed by atoms with van der Waals surface area (Å²) in [4.78, 5) is 0. The Hall–Kier alpha value is -1.61. The SMILES string of the molecule is CCNC1C(n2cc(-c3ccccc3)cn2)CCC1(C)C. The summed E-state index contributed by atoms with van der Waals surface area (Å²) in [5, 5.41) is 8.32. The van der Waals surface area contributed by atoms with Crippen LogP contribution < -0.4 is 5.32 Å². The fraction of sp³-hybridized carbons (Fsp3) is 0.500. The normalized spacial score (nSPS) is 24.3. The molecule has 0 saturated heterocycles. The van der Waals surface area contributed by atoms with Gasteiger partial charge in [0.1, 0.15) is 0 Å². The Morgan fingerprint density at radius 3 is 2.71 bits per heavy atom. The molecule has 1 N–H and O–H groups in total. The second-order valence-corrected chi connectivity index (χ2v) is 6.70. The van der Waals surface area contributed by atoms with Gasteiger partial charge in [0.25, 0.3) is 0 Å². The third-order valence-electron chi connectivity index (χ3n) is 4.78. The van der Waals surface area contributed by atoms with E-state index in [0.717, 1.165) is 6.54 Å². The van der Waals surface area contributed by atoms with Crippen molar-refractivity contribution in [3.8, 4) is 11.1 Å². The summed E-state index contributed by atoms with van der Waals surface area (Å²) in [5.74, 6) is 0. The molecule has 0 radical (unpaired) electrons. The van der Waals surface area contributed by atoms with Crippen molar-refractivity contribution >= 4 is 0 Å². The highest BCUT2D eigenvalue weighted by molar-refractivity contribution is 5.61. The molecule has 1 heterocycles. The van der Waals surface area contributed by atoms with E-state index in [4.69, 9.17) is 0 Å². The number of nitrogens with zero attached hydrogens (tertiary/aromatic N) is 2. The first kappa shape index (κ1) is 14.3. The predicted molar refractivity (Wildman–Crippen MR) is 87.2 cm³/mol. The van der Waals surface area contributed by atoms with E-state index in [2.05, 4.69) is 72.4 Å². The lowest BCUT2D eigenvalue weighted by Gasteiger charge is -2.31. The van der Waals surface area contributed by atoms with Crippen LogP contribution in [0.25, 0.3) is 11.1 Å². The molecule has 2 aromatic rings. The number of hydrogen-bond donors (Lipinski definition) is 1. The van der Waals surface area contributed by atoms with Gasteiger partial charge in [-0.1, -0.05) is 51.1 Å². The summed E-state index contributed by atoms with van der Waals surface area (Å²) in [6, 6.07) is 11.4. The molecule has 112 valence electrons. The zero-order valence-corrected chi connectivity index (χ0v) is 13.2. The molecular formula is C18H25N3. The highest BCUT2D eigenvalue weighted by atomic mass is 15.3. The van der Waals surface area contributed by atoms with Crippen LogP contribution in [0.4, 0.5) is 0 Å². The number of likely N-dealkylation sites (N-methyl/N-ethyl adjacent to an activating group) is 1. The van der Waals surface area contributed by atoms with E-state index in [9.17, 15) is 0 Å². The fourth-order valence-electron chi connectivity index (χ4n) is 3.58. The van der Waals surface area contributed by atoms with Crippen molar-refractivity contribution < 1.29 is 0 Å². The molecule has 1 aliphatic rings. The highest BCUT2D eigenvalue weighted by Gasteiger charge is 2.42. The lowest BCUT2D eigenvalue weighted by Crippen LogP contribution is -2.42. The zero-order valence-electron chi connectivity index (χ0n) is 13.2. The minimum atomic E-state index is 0.333. The molecule has 2 unspecified atom stereocenters. The topological polar surface area (TPSA) is 29.9 Å². The molecule has 3 nitrogen and oxygen atoms in total. The molecule has 0 aliphatic heterocycles. The largest absolute Gasteiger partial charge is 0.312 e. The first-order valence-corrected chi connectivity index (χ1v) is 7.95. The predicted octanol–water partition coefficient (Wildman–Crippen LogP) is 3.89. The van der Waals surface area contributed by atoms with Gasteiger partial charge < -0.3 is 5.32 Å². The van der Waals surface area contributed by atoms with E-state index in [1.807, 2.05) is 6.20 Å². The Morgan fingerprint density at radius 2 is 2.00 bits per heavy atom. The van der Waals surface area contributed by atoms with E-state index in [0.29, 0.717) is 17.5 Å². The number of nitrogens with one attached hydrogen (secondary N) is 1. The molecule has 3 heteroatoms. The number of aromatic nitrogens is 2. The summed E-state index contributed by atoms with van der Waals surface area (Å²) in [7, 11) is 0. The first-order valence-electron chi connectivity index (χ1n) is 7.95. The van der Waals surface area contributed by atoms with Crippen molar-refractivity contribution in [2.45, 2.75) is 45.7 Å². The average molecular weight is 283 g/mol. The quantitative estimate of drug-likeness (QED) is 0.922. The van der Waals surface area contributed by atoms with Crippen LogP contribution in [0, 0.1) is 5.41 Å². The summed E-state index contributed by atoms with van der Waals surface area (Å²) < 4.78 is 2.17. The third kappa shape index (κ3) is 2.75. The second-order valence-electron chi connectivity index (χ2n) is 6.70. The Labute approximate surface area is 127 Å². The second kappa shape index (κ2) is 5.64. The van der Waals surface area contributed by atoms with Gasteiger partial charge in [0.15, 0.2) is 0 Å². The van der Waals surface area contributed by atoms with Gasteiger partial charge in [0.2, 0.25) is 0 Å². The summed E-state index contributed by atoms with van der Waals surface area (Å²) in [6.45, 7) is 7.92. The van der Waals surface area contributed by atoms with E-state index in [1.54, 1.807) is 0 Å². The molecule has 0 spiro atoms. The number of benzene rings is 1. The average Bonchev–Trinajstić information content (AvgIpc) is 3.06. The van der Waals surface area contributed by atoms with Gasteiger partial charge in [0, 0.05) is 17.8 Å². The molecule has 1 fully saturated rings. The summed E-state index contributed by atoms with van der Waals surface area (Å²) in [6.07, 6.45) is 6.63. The third-order valence-corrected chi connectivity index (χ3v) is 4.78. The molecule has 0 bridgehead atoms. The molecule has 2 atom stereocenters. The minimum absolute atomic E-state index is 0.333. The highest BCUT2D eigenvalue weighted by Crippen LogP contribution is 2.43. The molecule has 0 amide bonds. The molecule has 1 saturated carbocycles. The summed E-state index contributed by atoms with van der Waals surface area (Å²) in [5.41, 5.74) is 2.77. The van der Waals surface area contributed by atoms with Crippen molar-refractivity contribution in [2.24, 2.45) is 5.41 Å². The van der Waals surface area contributed by atoms with E-state index in [-0.39, 0.29) is 0 Å². The van der Waals surface area contributed by atoms with Gasteiger partial charge in [-0.15, -0.1) is 0 Å². The Balaban J connectivity index is 1.86. The molecular weight excluding hydrogens is 258 g/mol. The first-order chi connectivity index (χ1) is 10.1. The molecule has 1 aromatic carbocycles. The van der Waals surface area contributed by atoms with Crippen LogP contribution in [0.3, 0.4) is 0 Å². The number of rotatable bonds is 4. The molecule has 1 aromatic heterocycles. The van der Waals surface area contributed by atoms with Gasteiger partial charge >= 0.3 is 0 Å². The lowest BCUT2D eigenvalue weighted by molar-refractivity contribution is 0.244. The maximum Gasteiger partial charge on any atom is 0.0677 e. The van der Waals surface area contributed by atoms with Crippen molar-refractivity contribution in [3.63, 3.8) is 0 Å². The monoisotopic (exact) mass is 283 g/mol. The van der Waals surface area contributed by atoms with Crippen LogP contribution in [-0.4, -0.2) is 22.4 Å². The van der Waals surface area contributed by atoms with E-state index >= 15 is 0 Å². The Kier molecular flexibility index (Phi) is 3.85. The van der Waals surface area contributed by atoms with Crippen LogP contribution in [0.5, 0.6) is 0 Å². The smallest absolute Gasteiger partial charge is 0.0677 e. The van der Waals surface area contributed by atoms with Gasteiger partial charge in [-0.2, -0.15) is 5.10 Å². The van der Waals surface area contributed by atoms with Gasteiger partial charge in [-0.05, 0) is 30.4 Å². The van der Waals surface area contributed by atoms with Crippen LogP contribution in [0.15, 0.2) is 42.7 Å². The minimum Gasteiger partial charge on any atom is -0.312 e. The van der Waals surface area contributed by atoms with Crippen LogP contribution in [0.1, 0.15) is 39.7 Å². The molecule has 21 heavy (non-hydrogen) atoms. The molecule has 1 aliphatic carbocycles. The van der Waals surface area contributed by atoms with Gasteiger partial charge in [0.05, 0.1) is 12.2 Å². The standard InChI is InChI=1S/C18H25N3/c1-4-19-17-16(10-11-18(17,2)3)21-13-15(12-20-21)14-8-6-5-7-9-14/h5-9,12-13,16-17,19H,4,10-11H2,1-3H3. The van der Waals surface area contributed by atoms with Crippen molar-refractivity contribution in [2.75, 3.05) is 6.54 Å². The van der Waals surface area contributed by atoms with Crippen molar-refractivity contribution in [1.82, 2.24) is 15.1 Å². The lowest BCUT2D eigenvalue weighted by atomic mass is 9.86.